The van der Waals surface area contributed by atoms with Crippen LogP contribution in [0.1, 0.15) is 32.3 Å². The van der Waals surface area contributed by atoms with E-state index in [4.69, 9.17) is 0 Å². The van der Waals surface area contributed by atoms with E-state index in [2.05, 4.69) is 19.2 Å². The van der Waals surface area contributed by atoms with E-state index in [1.54, 1.807) is 6.07 Å². The van der Waals surface area contributed by atoms with Crippen LogP contribution < -0.4 is 5.32 Å². The van der Waals surface area contributed by atoms with Crippen LogP contribution in [0.15, 0.2) is 24.3 Å². The Bertz CT molecular complexity index is 340. The van der Waals surface area contributed by atoms with Crippen LogP contribution in [0.4, 0.5) is 0 Å². The van der Waals surface area contributed by atoms with Gasteiger partial charge in [-0.15, -0.1) is 0 Å². The molecule has 0 bridgehead atoms. The molecule has 1 aromatic rings. The Morgan fingerprint density at radius 1 is 1.33 bits per heavy atom. The number of para-hydroxylation sites is 1. The molecule has 0 saturated carbocycles. The van der Waals surface area contributed by atoms with Gasteiger partial charge in [-0.3, -0.25) is 0 Å². The third-order valence-electron chi connectivity index (χ3n) is 3.56. The minimum atomic E-state index is -0.0225. The zero-order valence-electron chi connectivity index (χ0n) is 9.46. The van der Waals surface area contributed by atoms with Gasteiger partial charge in [0, 0.05) is 11.1 Å². The minimum Gasteiger partial charge on any atom is -0.508 e. The Balaban J connectivity index is 2.46. The average molecular weight is 205 g/mol. The van der Waals surface area contributed by atoms with Crippen LogP contribution in [0.25, 0.3) is 0 Å². The van der Waals surface area contributed by atoms with Gasteiger partial charge in [-0.05, 0) is 31.4 Å². The summed E-state index contributed by atoms with van der Waals surface area (Å²) in [5, 5.41) is 13.5. The van der Waals surface area contributed by atoms with Crippen LogP contribution in [0.2, 0.25) is 0 Å². The molecule has 1 aromatic carbocycles. The standard InChI is InChI=1S/C13H19NO/c1-10(2)13(8-5-9-14-13)11-6-3-4-7-12(11)15/h3-4,6-7,10,14-15H,5,8-9H2,1-2H3. The summed E-state index contributed by atoms with van der Waals surface area (Å²) in [5.41, 5.74) is 1.03. The minimum absolute atomic E-state index is 0.0225. The molecule has 0 radical (unpaired) electrons. The van der Waals surface area contributed by atoms with Crippen LogP contribution in [-0.2, 0) is 5.54 Å². The zero-order chi connectivity index (χ0) is 10.9. The van der Waals surface area contributed by atoms with Gasteiger partial charge in [0.15, 0.2) is 0 Å². The monoisotopic (exact) mass is 205 g/mol. The molecule has 1 saturated heterocycles. The molecule has 0 aliphatic carbocycles. The highest BCUT2D eigenvalue weighted by atomic mass is 16.3. The average Bonchev–Trinajstić information content (AvgIpc) is 2.68. The number of benzene rings is 1. The smallest absolute Gasteiger partial charge is 0.120 e. The van der Waals surface area contributed by atoms with Crippen molar-refractivity contribution in [3.8, 4) is 5.75 Å². The SMILES string of the molecule is CC(C)C1(c2ccccc2O)CCCN1. The summed E-state index contributed by atoms with van der Waals surface area (Å²) in [5.74, 6) is 0.911. The maximum Gasteiger partial charge on any atom is 0.120 e. The first-order valence-corrected chi connectivity index (χ1v) is 5.70. The first kappa shape index (κ1) is 10.5. The summed E-state index contributed by atoms with van der Waals surface area (Å²) in [6.07, 6.45) is 2.30. The van der Waals surface area contributed by atoms with Crippen LogP contribution in [-0.4, -0.2) is 11.7 Å². The molecule has 1 heterocycles. The van der Waals surface area contributed by atoms with Crippen molar-refractivity contribution in [2.24, 2.45) is 5.92 Å². The number of aromatic hydroxyl groups is 1. The van der Waals surface area contributed by atoms with E-state index in [0.717, 1.165) is 18.5 Å². The highest BCUT2D eigenvalue weighted by Gasteiger charge is 2.39. The number of phenols is 1. The lowest BCUT2D eigenvalue weighted by atomic mass is 9.78. The first-order valence-electron chi connectivity index (χ1n) is 5.70. The molecule has 2 nitrogen and oxygen atoms in total. The van der Waals surface area contributed by atoms with E-state index in [0.29, 0.717) is 11.7 Å². The van der Waals surface area contributed by atoms with Crippen molar-refractivity contribution >= 4 is 0 Å². The number of hydrogen-bond acceptors (Lipinski definition) is 2. The van der Waals surface area contributed by atoms with E-state index in [9.17, 15) is 5.11 Å². The number of nitrogens with one attached hydrogen (secondary N) is 1. The van der Waals surface area contributed by atoms with Gasteiger partial charge in [-0.25, -0.2) is 0 Å². The lowest BCUT2D eigenvalue weighted by Crippen LogP contribution is -2.41. The predicted octanol–water partition coefficient (Wildman–Crippen LogP) is 2.63. The molecule has 0 aromatic heterocycles. The van der Waals surface area contributed by atoms with Gasteiger partial charge in [0.1, 0.15) is 5.75 Å². The fraction of sp³-hybridized carbons (Fsp3) is 0.538. The van der Waals surface area contributed by atoms with Crippen LogP contribution in [0, 0.1) is 5.92 Å². The second kappa shape index (κ2) is 3.86. The van der Waals surface area contributed by atoms with Gasteiger partial charge in [-0.1, -0.05) is 32.0 Å². The van der Waals surface area contributed by atoms with Crippen molar-refractivity contribution in [1.29, 1.82) is 0 Å². The maximum absolute atomic E-state index is 9.95. The van der Waals surface area contributed by atoms with Crippen LogP contribution in [0.3, 0.4) is 0 Å². The summed E-state index contributed by atoms with van der Waals surface area (Å²) in [6, 6.07) is 7.69. The fourth-order valence-corrected chi connectivity index (χ4v) is 2.65. The second-order valence-corrected chi connectivity index (χ2v) is 4.67. The van der Waals surface area contributed by atoms with Gasteiger partial charge in [0.05, 0.1) is 0 Å². The number of rotatable bonds is 2. The number of phenolic OH excluding ortho intramolecular Hbond substituents is 1. The van der Waals surface area contributed by atoms with Crippen molar-refractivity contribution in [2.75, 3.05) is 6.54 Å². The van der Waals surface area contributed by atoms with E-state index in [-0.39, 0.29) is 5.54 Å². The zero-order valence-corrected chi connectivity index (χ0v) is 9.46. The highest BCUT2D eigenvalue weighted by molar-refractivity contribution is 5.39. The first-order chi connectivity index (χ1) is 7.17. The Morgan fingerprint density at radius 2 is 2.07 bits per heavy atom. The third kappa shape index (κ3) is 1.63. The van der Waals surface area contributed by atoms with Crippen molar-refractivity contribution < 1.29 is 5.11 Å². The summed E-state index contributed by atoms with van der Waals surface area (Å²) in [4.78, 5) is 0. The van der Waals surface area contributed by atoms with Gasteiger partial charge >= 0.3 is 0 Å². The molecule has 1 atom stereocenters. The highest BCUT2D eigenvalue weighted by Crippen LogP contribution is 2.41. The molecular weight excluding hydrogens is 186 g/mol. The summed E-state index contributed by atoms with van der Waals surface area (Å²) in [7, 11) is 0. The largest absolute Gasteiger partial charge is 0.508 e. The Hall–Kier alpha value is -1.02. The number of hydrogen-bond donors (Lipinski definition) is 2. The molecule has 1 aliphatic heterocycles. The lowest BCUT2D eigenvalue weighted by molar-refractivity contribution is 0.267. The third-order valence-corrected chi connectivity index (χ3v) is 3.56. The van der Waals surface area contributed by atoms with Crippen molar-refractivity contribution in [3.63, 3.8) is 0 Å². The Labute approximate surface area is 91.3 Å². The van der Waals surface area contributed by atoms with E-state index < -0.39 is 0 Å². The van der Waals surface area contributed by atoms with E-state index >= 15 is 0 Å². The molecule has 2 rings (SSSR count). The van der Waals surface area contributed by atoms with Crippen molar-refractivity contribution in [3.05, 3.63) is 29.8 Å². The second-order valence-electron chi connectivity index (χ2n) is 4.67. The van der Waals surface area contributed by atoms with Gasteiger partial charge in [0.2, 0.25) is 0 Å². The summed E-state index contributed by atoms with van der Waals surface area (Å²) in [6.45, 7) is 5.47. The van der Waals surface area contributed by atoms with Crippen molar-refractivity contribution in [2.45, 2.75) is 32.2 Å². The topological polar surface area (TPSA) is 32.3 Å². The fourth-order valence-electron chi connectivity index (χ4n) is 2.65. The Kier molecular flexibility index (Phi) is 2.70. The van der Waals surface area contributed by atoms with E-state index in [1.807, 2.05) is 18.2 Å². The summed E-state index contributed by atoms with van der Waals surface area (Å²) >= 11 is 0. The quantitative estimate of drug-likeness (QED) is 0.778. The molecule has 2 heteroatoms. The van der Waals surface area contributed by atoms with Crippen molar-refractivity contribution in [1.82, 2.24) is 5.32 Å². The van der Waals surface area contributed by atoms with E-state index in [1.165, 1.54) is 6.42 Å². The molecule has 15 heavy (non-hydrogen) atoms. The molecule has 1 unspecified atom stereocenters. The normalized spacial score (nSPS) is 26.1. The molecule has 0 spiro atoms. The molecular formula is C13H19NO. The van der Waals surface area contributed by atoms with Gasteiger partial charge in [0.25, 0.3) is 0 Å². The Morgan fingerprint density at radius 3 is 2.60 bits per heavy atom. The molecule has 1 aliphatic rings. The van der Waals surface area contributed by atoms with Gasteiger partial charge in [-0.2, -0.15) is 0 Å². The van der Waals surface area contributed by atoms with Gasteiger partial charge < -0.3 is 10.4 Å². The van der Waals surface area contributed by atoms with Crippen LogP contribution >= 0.6 is 0 Å². The van der Waals surface area contributed by atoms with Crippen LogP contribution in [0.5, 0.6) is 5.75 Å². The molecule has 0 amide bonds. The predicted molar refractivity (Wildman–Crippen MR) is 61.9 cm³/mol. The lowest BCUT2D eigenvalue weighted by Gasteiger charge is -2.35. The molecule has 1 fully saturated rings. The maximum atomic E-state index is 9.95. The summed E-state index contributed by atoms with van der Waals surface area (Å²) < 4.78 is 0. The molecule has 2 N–H and O–H groups in total. The molecule has 82 valence electrons.